The third kappa shape index (κ3) is 7.67. The zero-order valence-electron chi connectivity index (χ0n) is 12.6. The molecule has 0 saturated carbocycles. The molecule has 0 aromatic heterocycles. The minimum absolute atomic E-state index is 0.580. The van der Waals surface area contributed by atoms with E-state index in [1.54, 1.807) is 0 Å². The lowest BCUT2D eigenvalue weighted by Gasteiger charge is -2.06. The van der Waals surface area contributed by atoms with Gasteiger partial charge in [0.15, 0.2) is 0 Å². The molecule has 0 spiro atoms. The van der Waals surface area contributed by atoms with Crippen LogP contribution in [0.25, 0.3) is 0 Å². The van der Waals surface area contributed by atoms with Crippen LogP contribution in [0, 0.1) is 6.07 Å². The minimum atomic E-state index is 0.580. The van der Waals surface area contributed by atoms with E-state index in [-0.39, 0.29) is 0 Å². The van der Waals surface area contributed by atoms with Crippen molar-refractivity contribution in [3.63, 3.8) is 0 Å². The third-order valence-electron chi connectivity index (χ3n) is 2.67. The largest absolute Gasteiger partial charge is 0.489 e. The molecule has 0 N–H and O–H groups in total. The van der Waals surface area contributed by atoms with Crippen LogP contribution in [0.5, 0.6) is 11.5 Å². The Morgan fingerprint density at radius 1 is 0.950 bits per heavy atom. The van der Waals surface area contributed by atoms with E-state index < -0.39 is 0 Å². The van der Waals surface area contributed by atoms with Gasteiger partial charge in [-0.1, -0.05) is 51.0 Å². The van der Waals surface area contributed by atoms with Crippen molar-refractivity contribution in [1.82, 2.24) is 0 Å². The Bertz CT molecular complexity index is 372. The van der Waals surface area contributed by atoms with Crippen LogP contribution >= 0.6 is 0 Å². The van der Waals surface area contributed by atoms with E-state index in [4.69, 9.17) is 9.47 Å². The van der Waals surface area contributed by atoms with Crippen molar-refractivity contribution in [2.45, 2.75) is 39.5 Å². The minimum Gasteiger partial charge on any atom is -0.489 e. The Hall–Kier alpha value is -1.70. The van der Waals surface area contributed by atoms with E-state index >= 15 is 0 Å². The summed E-state index contributed by atoms with van der Waals surface area (Å²) in [5, 5.41) is 0. The van der Waals surface area contributed by atoms with Gasteiger partial charge >= 0.3 is 0 Å². The number of benzene rings is 1. The summed E-state index contributed by atoms with van der Waals surface area (Å²) < 4.78 is 11.2. The smallest absolute Gasteiger partial charge is 0.131 e. The normalized spacial score (nSPS) is 11.3. The molecule has 0 atom stereocenters. The fraction of sp³-hybridized carbons (Fsp3) is 0.444. The van der Waals surface area contributed by atoms with Crippen LogP contribution in [0.3, 0.4) is 0 Å². The molecule has 0 unspecified atom stereocenters. The van der Waals surface area contributed by atoms with Gasteiger partial charge in [-0.3, -0.25) is 0 Å². The zero-order chi connectivity index (χ0) is 14.5. The van der Waals surface area contributed by atoms with Crippen LogP contribution in [-0.2, 0) is 0 Å². The fourth-order valence-corrected chi connectivity index (χ4v) is 1.59. The average Bonchev–Trinajstić information content (AvgIpc) is 2.47. The fourth-order valence-electron chi connectivity index (χ4n) is 1.59. The molecule has 0 fully saturated rings. The first-order valence-corrected chi connectivity index (χ1v) is 7.44. The predicted octanol–water partition coefficient (Wildman–Crippen LogP) is 4.96. The predicted molar refractivity (Wildman–Crippen MR) is 84.4 cm³/mol. The van der Waals surface area contributed by atoms with Gasteiger partial charge in [-0.15, -0.1) is 0 Å². The Kier molecular flexibility index (Phi) is 9.12. The SMILES string of the molecule is CCCC=CCOc1[c]ccc(OCC=CCCC)c1. The Morgan fingerprint density at radius 3 is 2.25 bits per heavy atom. The number of allylic oxidation sites excluding steroid dienone is 2. The third-order valence-corrected chi connectivity index (χ3v) is 2.67. The molecule has 0 amide bonds. The lowest BCUT2D eigenvalue weighted by molar-refractivity contribution is 0.344. The lowest BCUT2D eigenvalue weighted by atomic mass is 10.3. The standard InChI is InChI=1S/C18H25O2/c1-3-5-7-9-14-19-17-12-11-13-18(16-17)20-15-10-8-6-4-2/h7-12,16H,3-6,14-15H2,1-2H3. The van der Waals surface area contributed by atoms with Crippen molar-refractivity contribution >= 4 is 0 Å². The van der Waals surface area contributed by atoms with Gasteiger partial charge in [0.25, 0.3) is 0 Å². The molecular weight excluding hydrogens is 248 g/mol. The molecule has 0 aliphatic carbocycles. The Labute approximate surface area is 123 Å². The highest BCUT2D eigenvalue weighted by molar-refractivity contribution is 5.32. The van der Waals surface area contributed by atoms with Crippen molar-refractivity contribution in [1.29, 1.82) is 0 Å². The Balaban J connectivity index is 2.33. The number of hydrogen-bond donors (Lipinski definition) is 0. The highest BCUT2D eigenvalue weighted by atomic mass is 16.5. The first-order valence-electron chi connectivity index (χ1n) is 7.44. The quantitative estimate of drug-likeness (QED) is 0.561. The lowest BCUT2D eigenvalue weighted by Crippen LogP contribution is -1.96. The van der Waals surface area contributed by atoms with Gasteiger partial charge in [0.2, 0.25) is 0 Å². The first kappa shape index (κ1) is 16.4. The Morgan fingerprint density at radius 2 is 1.60 bits per heavy atom. The molecule has 109 valence electrons. The van der Waals surface area contributed by atoms with E-state index in [0.717, 1.165) is 30.8 Å². The summed E-state index contributed by atoms with van der Waals surface area (Å²) in [5.41, 5.74) is 0. The summed E-state index contributed by atoms with van der Waals surface area (Å²) in [4.78, 5) is 0. The second-order valence-corrected chi connectivity index (χ2v) is 4.53. The topological polar surface area (TPSA) is 18.5 Å². The number of hydrogen-bond acceptors (Lipinski definition) is 2. The van der Waals surface area contributed by atoms with Gasteiger partial charge in [0, 0.05) is 12.1 Å². The molecule has 2 heteroatoms. The molecule has 0 aliphatic heterocycles. The van der Waals surface area contributed by atoms with Crippen LogP contribution in [0.4, 0.5) is 0 Å². The van der Waals surface area contributed by atoms with Gasteiger partial charge in [-0.25, -0.2) is 0 Å². The monoisotopic (exact) mass is 273 g/mol. The van der Waals surface area contributed by atoms with Crippen molar-refractivity contribution in [2.24, 2.45) is 0 Å². The molecule has 1 aromatic rings. The second kappa shape index (κ2) is 11.2. The van der Waals surface area contributed by atoms with Crippen molar-refractivity contribution < 1.29 is 9.47 Å². The summed E-state index contributed by atoms with van der Waals surface area (Å²) in [7, 11) is 0. The molecule has 1 rings (SSSR count). The van der Waals surface area contributed by atoms with E-state index in [0.29, 0.717) is 13.2 Å². The average molecular weight is 273 g/mol. The molecule has 0 saturated heterocycles. The van der Waals surface area contributed by atoms with Gasteiger partial charge in [-0.05, 0) is 25.0 Å². The zero-order valence-corrected chi connectivity index (χ0v) is 12.6. The van der Waals surface area contributed by atoms with Crippen LogP contribution in [0.15, 0.2) is 42.5 Å². The summed E-state index contributed by atoms with van der Waals surface area (Å²) in [5.74, 6) is 1.54. The van der Waals surface area contributed by atoms with Gasteiger partial charge in [0.1, 0.15) is 24.7 Å². The van der Waals surface area contributed by atoms with E-state index in [2.05, 4.69) is 32.1 Å². The maximum Gasteiger partial charge on any atom is 0.131 e. The summed E-state index contributed by atoms with van der Waals surface area (Å²) in [6.07, 6.45) is 12.9. The highest BCUT2D eigenvalue weighted by Gasteiger charge is 1.96. The maximum atomic E-state index is 5.63. The maximum absolute atomic E-state index is 5.63. The molecule has 0 bridgehead atoms. The van der Waals surface area contributed by atoms with E-state index in [1.165, 1.54) is 6.42 Å². The van der Waals surface area contributed by atoms with Gasteiger partial charge < -0.3 is 9.47 Å². The molecule has 2 nitrogen and oxygen atoms in total. The number of rotatable bonds is 10. The number of unbranched alkanes of at least 4 members (excludes halogenated alkanes) is 2. The number of ether oxygens (including phenoxy) is 2. The molecule has 20 heavy (non-hydrogen) atoms. The van der Waals surface area contributed by atoms with Crippen molar-refractivity contribution in [3.05, 3.63) is 48.6 Å². The van der Waals surface area contributed by atoms with Crippen LogP contribution in [-0.4, -0.2) is 13.2 Å². The molecule has 1 aromatic carbocycles. The van der Waals surface area contributed by atoms with Gasteiger partial charge in [-0.2, -0.15) is 0 Å². The van der Waals surface area contributed by atoms with Crippen molar-refractivity contribution in [2.75, 3.05) is 13.2 Å². The van der Waals surface area contributed by atoms with Crippen molar-refractivity contribution in [3.8, 4) is 11.5 Å². The molecular formula is C18H25O2. The van der Waals surface area contributed by atoms with Gasteiger partial charge in [0.05, 0.1) is 0 Å². The van der Waals surface area contributed by atoms with Crippen LogP contribution in [0.1, 0.15) is 39.5 Å². The summed E-state index contributed by atoms with van der Waals surface area (Å²) in [6.45, 7) is 5.50. The summed E-state index contributed by atoms with van der Waals surface area (Å²) in [6, 6.07) is 8.66. The summed E-state index contributed by atoms with van der Waals surface area (Å²) >= 11 is 0. The first-order chi connectivity index (χ1) is 9.86. The van der Waals surface area contributed by atoms with E-state index in [9.17, 15) is 0 Å². The van der Waals surface area contributed by atoms with Crippen LogP contribution < -0.4 is 9.47 Å². The molecule has 0 heterocycles. The second-order valence-electron chi connectivity index (χ2n) is 4.53. The molecule has 0 aliphatic rings. The molecule has 1 radical (unpaired) electrons. The van der Waals surface area contributed by atoms with E-state index in [1.807, 2.05) is 30.4 Å². The highest BCUT2D eigenvalue weighted by Crippen LogP contribution is 2.18. The van der Waals surface area contributed by atoms with Crippen LogP contribution in [0.2, 0.25) is 0 Å².